The predicted octanol–water partition coefficient (Wildman–Crippen LogP) is 3.56. The first kappa shape index (κ1) is 22.1. The summed E-state index contributed by atoms with van der Waals surface area (Å²) in [6.45, 7) is 0.895. The number of nitrogens with zero attached hydrogens (tertiary/aromatic N) is 2. The molecule has 0 saturated carbocycles. The molecule has 3 N–H and O–H groups in total. The fourth-order valence-electron chi connectivity index (χ4n) is 4.01. The predicted molar refractivity (Wildman–Crippen MR) is 116 cm³/mol. The topological polar surface area (TPSA) is 102 Å². The van der Waals surface area contributed by atoms with Crippen LogP contribution in [0.25, 0.3) is 0 Å². The monoisotopic (exact) mass is 488 g/mol. The summed E-state index contributed by atoms with van der Waals surface area (Å²) in [7, 11) is -2.16. The zero-order valence-corrected chi connectivity index (χ0v) is 18.6. The minimum Gasteiger partial charge on any atom is -0.504 e. The summed E-state index contributed by atoms with van der Waals surface area (Å²) in [5.41, 5.74) is -0.160. The van der Waals surface area contributed by atoms with Crippen molar-refractivity contribution in [2.75, 3.05) is 30.8 Å². The van der Waals surface area contributed by atoms with E-state index < -0.39 is 32.5 Å². The third kappa shape index (κ3) is 3.94. The lowest BCUT2D eigenvalue weighted by Crippen LogP contribution is -2.47. The number of hydrogen-bond donors (Lipinski definition) is 3. The van der Waals surface area contributed by atoms with Crippen molar-refractivity contribution < 1.29 is 22.7 Å². The van der Waals surface area contributed by atoms with Gasteiger partial charge in [0.1, 0.15) is 10.7 Å². The zero-order chi connectivity index (χ0) is 22.5. The Hall–Kier alpha value is -2.11. The van der Waals surface area contributed by atoms with Crippen molar-refractivity contribution in [3.8, 4) is 5.75 Å². The van der Waals surface area contributed by atoms with Crippen LogP contribution in [0, 0.1) is 5.82 Å². The van der Waals surface area contributed by atoms with Gasteiger partial charge in [-0.3, -0.25) is 0 Å². The van der Waals surface area contributed by atoms with Gasteiger partial charge in [-0.15, -0.1) is 0 Å². The number of likely N-dealkylation sites (tertiary alicyclic amines) is 1. The van der Waals surface area contributed by atoms with Gasteiger partial charge in [-0.2, -0.15) is 4.31 Å². The van der Waals surface area contributed by atoms with Crippen molar-refractivity contribution >= 4 is 50.6 Å². The molecule has 2 aliphatic rings. The summed E-state index contributed by atoms with van der Waals surface area (Å²) < 4.78 is 41.4. The smallest absolute Gasteiger partial charge is 0.323 e. The molecule has 8 nitrogen and oxygen atoms in total. The second kappa shape index (κ2) is 8.10. The van der Waals surface area contributed by atoms with Gasteiger partial charge in [-0.1, -0.05) is 29.3 Å². The molecule has 2 fully saturated rings. The Bertz CT molecular complexity index is 1160. The second-order valence-electron chi connectivity index (χ2n) is 7.51. The highest BCUT2D eigenvalue weighted by molar-refractivity contribution is 7.89. The standard InChI is InChI=1S/C19H19Cl2FN4O4S/c1-25-8-11-7-10(25)9-26(11)31(29,30)18-12(20)5-6-15(17(18)27)24-19(28)23-14-4-2-3-13(22)16(14)21/h2-6,10-11,27H,7-9H2,1H3,(H2,23,24,28)/t10-,11+/m1/s1. The van der Waals surface area contributed by atoms with Crippen LogP contribution in [0.4, 0.5) is 20.6 Å². The van der Waals surface area contributed by atoms with E-state index in [1.807, 2.05) is 7.05 Å². The molecule has 31 heavy (non-hydrogen) atoms. The van der Waals surface area contributed by atoms with Crippen LogP contribution in [-0.4, -0.2) is 61.0 Å². The van der Waals surface area contributed by atoms with E-state index in [-0.39, 0.29) is 33.5 Å². The lowest BCUT2D eigenvalue weighted by molar-refractivity contribution is 0.216. The number of piperazine rings is 1. The van der Waals surface area contributed by atoms with E-state index in [0.717, 1.165) is 6.07 Å². The summed E-state index contributed by atoms with van der Waals surface area (Å²) in [5, 5.41) is 14.9. The molecule has 2 aromatic carbocycles. The number of amides is 2. The molecule has 2 heterocycles. The van der Waals surface area contributed by atoms with Gasteiger partial charge in [0.2, 0.25) is 10.0 Å². The van der Waals surface area contributed by atoms with Gasteiger partial charge in [-0.05, 0) is 37.7 Å². The number of phenols is 1. The summed E-state index contributed by atoms with van der Waals surface area (Å²) in [6.07, 6.45) is 0.711. The molecule has 166 valence electrons. The van der Waals surface area contributed by atoms with E-state index in [1.165, 1.54) is 28.6 Å². The fourth-order valence-corrected chi connectivity index (χ4v) is 6.45. The van der Waals surface area contributed by atoms with Gasteiger partial charge >= 0.3 is 6.03 Å². The van der Waals surface area contributed by atoms with E-state index in [2.05, 4.69) is 15.5 Å². The number of carbonyl (C=O) groups is 1. The van der Waals surface area contributed by atoms with Gasteiger partial charge in [0.15, 0.2) is 5.75 Å². The van der Waals surface area contributed by atoms with Crippen molar-refractivity contribution in [2.45, 2.75) is 23.4 Å². The first-order chi connectivity index (χ1) is 14.6. The van der Waals surface area contributed by atoms with Crippen LogP contribution in [-0.2, 0) is 10.0 Å². The molecule has 0 unspecified atom stereocenters. The Morgan fingerprint density at radius 3 is 2.48 bits per heavy atom. The Balaban J connectivity index is 1.59. The van der Waals surface area contributed by atoms with Crippen molar-refractivity contribution in [1.29, 1.82) is 0 Å². The molecule has 0 radical (unpaired) electrons. The molecule has 12 heteroatoms. The largest absolute Gasteiger partial charge is 0.504 e. The maximum Gasteiger partial charge on any atom is 0.323 e. The number of phenolic OH excluding ortho intramolecular Hbond substituents is 1. The maximum atomic E-state index is 13.6. The number of hydrogen-bond acceptors (Lipinski definition) is 5. The van der Waals surface area contributed by atoms with Gasteiger partial charge < -0.3 is 20.6 Å². The molecule has 2 atom stereocenters. The Morgan fingerprint density at radius 2 is 1.84 bits per heavy atom. The number of fused-ring (bicyclic) bond motifs is 2. The van der Waals surface area contributed by atoms with E-state index in [0.29, 0.717) is 19.5 Å². The van der Waals surface area contributed by atoms with Crippen molar-refractivity contribution in [1.82, 2.24) is 9.21 Å². The number of rotatable bonds is 4. The van der Waals surface area contributed by atoms with Crippen LogP contribution >= 0.6 is 23.2 Å². The molecule has 2 aromatic rings. The van der Waals surface area contributed by atoms with Gasteiger partial charge in [0.25, 0.3) is 0 Å². The van der Waals surface area contributed by atoms with E-state index in [9.17, 15) is 22.7 Å². The van der Waals surface area contributed by atoms with Gasteiger partial charge in [-0.25, -0.2) is 17.6 Å². The summed E-state index contributed by atoms with van der Waals surface area (Å²) in [5.74, 6) is -1.39. The summed E-state index contributed by atoms with van der Waals surface area (Å²) >= 11 is 12.0. The zero-order valence-electron chi connectivity index (χ0n) is 16.3. The van der Waals surface area contributed by atoms with Crippen LogP contribution in [0.5, 0.6) is 5.75 Å². The van der Waals surface area contributed by atoms with Crippen molar-refractivity contribution in [2.24, 2.45) is 0 Å². The molecular formula is C19H19Cl2FN4O4S. The van der Waals surface area contributed by atoms with Crippen molar-refractivity contribution in [3.63, 3.8) is 0 Å². The number of nitrogens with one attached hydrogen (secondary N) is 2. The van der Waals surface area contributed by atoms with Gasteiger partial charge in [0.05, 0.1) is 21.4 Å². The van der Waals surface area contributed by atoms with Crippen LogP contribution < -0.4 is 10.6 Å². The molecule has 2 amide bonds. The van der Waals surface area contributed by atoms with Crippen LogP contribution in [0.15, 0.2) is 35.2 Å². The normalized spacial score (nSPS) is 21.4. The Labute approximate surface area is 188 Å². The number of halogens is 3. The average molecular weight is 489 g/mol. The third-order valence-corrected chi connectivity index (χ3v) is 8.37. The lowest BCUT2D eigenvalue weighted by Gasteiger charge is -2.31. The number of urea groups is 1. The first-order valence-electron chi connectivity index (χ1n) is 9.35. The van der Waals surface area contributed by atoms with Crippen LogP contribution in [0.1, 0.15) is 6.42 Å². The molecule has 4 rings (SSSR count). The Morgan fingerprint density at radius 1 is 1.13 bits per heavy atom. The lowest BCUT2D eigenvalue weighted by atomic mass is 10.2. The molecule has 2 saturated heterocycles. The second-order valence-corrected chi connectivity index (χ2v) is 10.1. The number of sulfonamides is 1. The minimum atomic E-state index is -4.10. The molecule has 2 aliphatic heterocycles. The maximum absolute atomic E-state index is 13.6. The van der Waals surface area contributed by atoms with Crippen LogP contribution in [0.3, 0.4) is 0 Å². The molecule has 0 spiro atoms. The number of aromatic hydroxyl groups is 1. The van der Waals surface area contributed by atoms with Crippen molar-refractivity contribution in [3.05, 3.63) is 46.2 Å². The first-order valence-corrected chi connectivity index (χ1v) is 11.5. The van der Waals surface area contributed by atoms with Crippen LogP contribution in [0.2, 0.25) is 10.0 Å². The highest BCUT2D eigenvalue weighted by Crippen LogP contribution is 2.42. The average Bonchev–Trinajstić information content (AvgIpc) is 3.27. The summed E-state index contributed by atoms with van der Waals surface area (Å²) in [6, 6.07) is 5.50. The Kier molecular flexibility index (Phi) is 5.78. The third-order valence-electron chi connectivity index (χ3n) is 5.56. The number of likely N-dealkylation sites (N-methyl/N-ethyl adjacent to an activating group) is 1. The molecule has 2 bridgehead atoms. The number of carbonyl (C=O) groups excluding carboxylic acids is 1. The molecule has 0 aliphatic carbocycles. The number of benzene rings is 2. The quantitative estimate of drug-likeness (QED) is 0.571. The highest BCUT2D eigenvalue weighted by atomic mass is 35.5. The highest BCUT2D eigenvalue weighted by Gasteiger charge is 2.48. The molecular weight excluding hydrogens is 470 g/mol. The van der Waals surface area contributed by atoms with E-state index in [1.54, 1.807) is 0 Å². The number of anilines is 2. The SMILES string of the molecule is CN1C[C@@H]2C[C@@H]1CN2S(=O)(=O)c1c(Cl)ccc(NC(=O)Nc2cccc(F)c2Cl)c1O. The summed E-state index contributed by atoms with van der Waals surface area (Å²) in [4.78, 5) is 14.0. The fraction of sp³-hybridized carbons (Fsp3) is 0.316. The van der Waals surface area contributed by atoms with E-state index >= 15 is 0 Å². The van der Waals surface area contributed by atoms with E-state index in [4.69, 9.17) is 23.2 Å². The molecule has 0 aromatic heterocycles. The van der Waals surface area contributed by atoms with Gasteiger partial charge in [0, 0.05) is 25.2 Å². The minimum absolute atomic E-state index is 0.0117.